The van der Waals surface area contributed by atoms with E-state index in [0.29, 0.717) is 11.6 Å². The number of anilines is 1. The molecule has 0 aliphatic heterocycles. The largest absolute Gasteiger partial charge is 0.296 e. The maximum atomic E-state index is 12.3. The number of aromatic nitrogens is 2. The van der Waals surface area contributed by atoms with Crippen molar-refractivity contribution in [1.82, 2.24) is 10.2 Å². The number of hydrogen-bond donors (Lipinski definition) is 1. The number of nitrogens with zero attached hydrogens (tertiary/aromatic N) is 3. The van der Waals surface area contributed by atoms with Gasteiger partial charge in [0, 0.05) is 12.5 Å². The zero-order valence-electron chi connectivity index (χ0n) is 14.0. The van der Waals surface area contributed by atoms with Crippen molar-refractivity contribution in [1.29, 1.82) is 0 Å². The van der Waals surface area contributed by atoms with Gasteiger partial charge in [-0.2, -0.15) is 0 Å². The van der Waals surface area contributed by atoms with Crippen molar-refractivity contribution in [3.8, 4) is 0 Å². The maximum Gasteiger partial charge on any atom is 0.282 e. The third-order valence-electron chi connectivity index (χ3n) is 3.88. The quantitative estimate of drug-likeness (QED) is 0.523. The molecule has 0 saturated carbocycles. The topological polar surface area (TPSA) is 98.0 Å². The van der Waals surface area contributed by atoms with E-state index in [0.717, 1.165) is 5.01 Å². The summed E-state index contributed by atoms with van der Waals surface area (Å²) >= 11 is 1.27. The summed E-state index contributed by atoms with van der Waals surface area (Å²) in [5.41, 5.74) is 0.951. The smallest absolute Gasteiger partial charge is 0.282 e. The number of carbonyl (C=O) groups excluding carboxylic acids is 1. The van der Waals surface area contributed by atoms with Crippen molar-refractivity contribution in [3.05, 3.63) is 80.8 Å². The van der Waals surface area contributed by atoms with Gasteiger partial charge in [-0.15, -0.1) is 10.2 Å². The van der Waals surface area contributed by atoms with Crippen LogP contribution in [0.15, 0.2) is 54.6 Å². The minimum absolute atomic E-state index is 0.00750. The van der Waals surface area contributed by atoms with Crippen LogP contribution in [0.3, 0.4) is 0 Å². The second-order valence-electron chi connectivity index (χ2n) is 5.75. The van der Waals surface area contributed by atoms with E-state index < -0.39 is 10.8 Å². The lowest BCUT2D eigenvalue weighted by Crippen LogP contribution is -2.13. The van der Waals surface area contributed by atoms with E-state index in [-0.39, 0.29) is 17.2 Å². The van der Waals surface area contributed by atoms with Gasteiger partial charge in [0.05, 0.1) is 4.92 Å². The van der Waals surface area contributed by atoms with Gasteiger partial charge in [-0.1, -0.05) is 60.7 Å². The van der Waals surface area contributed by atoms with Gasteiger partial charge in [-0.05, 0) is 17.5 Å². The van der Waals surface area contributed by atoms with E-state index in [4.69, 9.17) is 0 Å². The normalized spacial score (nSPS) is 11.7. The molecule has 3 aromatic rings. The third-order valence-corrected chi connectivity index (χ3v) is 4.74. The van der Waals surface area contributed by atoms with Gasteiger partial charge < -0.3 is 0 Å². The molecule has 0 fully saturated rings. The number of nitro groups is 1. The molecule has 0 radical (unpaired) electrons. The molecule has 0 saturated heterocycles. The van der Waals surface area contributed by atoms with Crippen LogP contribution in [0.5, 0.6) is 0 Å². The molecule has 7 nitrogen and oxygen atoms in total. The molecule has 1 atom stereocenters. The first-order valence-electron chi connectivity index (χ1n) is 7.96. The van der Waals surface area contributed by atoms with Gasteiger partial charge in [0.2, 0.25) is 5.13 Å². The Kier molecular flexibility index (Phi) is 5.33. The molecule has 0 bridgehead atoms. The van der Waals surface area contributed by atoms with Crippen LogP contribution in [-0.2, 0) is 6.42 Å². The summed E-state index contributed by atoms with van der Waals surface area (Å²) in [6.45, 7) is 2.10. The van der Waals surface area contributed by atoms with Crippen molar-refractivity contribution in [2.45, 2.75) is 19.3 Å². The van der Waals surface area contributed by atoms with Gasteiger partial charge in [0.15, 0.2) is 0 Å². The standard InChI is InChI=1S/C18H16N4O3S/c1-12(13-7-3-2-4-8-13)11-16-20-21-18(26-16)19-17(23)14-9-5-6-10-15(14)22(24)25/h2-10,12H,11H2,1H3,(H,19,21,23). The Bertz CT molecular complexity index is 927. The van der Waals surface area contributed by atoms with E-state index in [1.165, 1.54) is 35.1 Å². The molecular weight excluding hydrogens is 352 g/mol. The molecule has 1 heterocycles. The number of rotatable bonds is 6. The van der Waals surface area contributed by atoms with Crippen molar-refractivity contribution >= 4 is 28.1 Å². The van der Waals surface area contributed by atoms with Crippen LogP contribution in [-0.4, -0.2) is 21.0 Å². The molecule has 1 N–H and O–H groups in total. The summed E-state index contributed by atoms with van der Waals surface area (Å²) in [6.07, 6.45) is 0.697. The van der Waals surface area contributed by atoms with E-state index in [1.54, 1.807) is 6.07 Å². The van der Waals surface area contributed by atoms with Crippen LogP contribution in [0.25, 0.3) is 0 Å². The van der Waals surface area contributed by atoms with Crippen LogP contribution in [0.4, 0.5) is 10.8 Å². The fourth-order valence-corrected chi connectivity index (χ4v) is 3.40. The Hall–Kier alpha value is -3.13. The van der Waals surface area contributed by atoms with Crippen LogP contribution < -0.4 is 5.32 Å². The molecule has 26 heavy (non-hydrogen) atoms. The lowest BCUT2D eigenvalue weighted by molar-refractivity contribution is -0.385. The van der Waals surface area contributed by atoms with E-state index in [1.807, 2.05) is 18.2 Å². The zero-order valence-corrected chi connectivity index (χ0v) is 14.8. The summed E-state index contributed by atoms with van der Waals surface area (Å²) in [5.74, 6) is -0.306. The average Bonchev–Trinajstić information content (AvgIpc) is 3.09. The van der Waals surface area contributed by atoms with Crippen molar-refractivity contribution in [2.24, 2.45) is 0 Å². The maximum absolute atomic E-state index is 12.3. The van der Waals surface area contributed by atoms with E-state index in [9.17, 15) is 14.9 Å². The molecule has 3 rings (SSSR count). The summed E-state index contributed by atoms with van der Waals surface area (Å²) < 4.78 is 0. The highest BCUT2D eigenvalue weighted by Gasteiger charge is 2.20. The van der Waals surface area contributed by atoms with Crippen molar-refractivity contribution in [2.75, 3.05) is 5.32 Å². The number of nitrogens with one attached hydrogen (secondary N) is 1. The Morgan fingerprint density at radius 1 is 1.15 bits per heavy atom. The molecule has 1 amide bonds. The third kappa shape index (κ3) is 4.09. The summed E-state index contributed by atoms with van der Waals surface area (Å²) in [5, 5.41) is 22.8. The highest BCUT2D eigenvalue weighted by atomic mass is 32.1. The minimum atomic E-state index is -0.581. The predicted octanol–water partition coefficient (Wildman–Crippen LogP) is 4.04. The number of nitro benzene ring substituents is 1. The Morgan fingerprint density at radius 3 is 2.58 bits per heavy atom. The van der Waals surface area contributed by atoms with Gasteiger partial charge in [-0.3, -0.25) is 20.2 Å². The van der Waals surface area contributed by atoms with Gasteiger partial charge in [-0.25, -0.2) is 0 Å². The molecule has 1 unspecified atom stereocenters. The van der Waals surface area contributed by atoms with Crippen LogP contribution in [0.2, 0.25) is 0 Å². The lowest BCUT2D eigenvalue weighted by atomic mass is 9.98. The molecule has 0 spiro atoms. The van der Waals surface area contributed by atoms with Crippen molar-refractivity contribution < 1.29 is 9.72 Å². The second kappa shape index (κ2) is 7.83. The van der Waals surface area contributed by atoms with Gasteiger partial charge >= 0.3 is 0 Å². The fourth-order valence-electron chi connectivity index (χ4n) is 2.54. The SMILES string of the molecule is CC(Cc1nnc(NC(=O)c2ccccc2[N+](=O)[O-])s1)c1ccccc1. The van der Waals surface area contributed by atoms with E-state index in [2.05, 4.69) is 34.6 Å². The van der Waals surface area contributed by atoms with E-state index >= 15 is 0 Å². The zero-order chi connectivity index (χ0) is 18.5. The number of hydrogen-bond acceptors (Lipinski definition) is 6. The summed E-state index contributed by atoms with van der Waals surface area (Å²) in [4.78, 5) is 22.8. The molecule has 132 valence electrons. The Balaban J connectivity index is 1.69. The molecule has 2 aromatic carbocycles. The highest BCUT2D eigenvalue weighted by Crippen LogP contribution is 2.25. The molecule has 0 aliphatic rings. The van der Waals surface area contributed by atoms with Crippen LogP contribution in [0, 0.1) is 10.1 Å². The first-order chi connectivity index (χ1) is 12.5. The number of carbonyl (C=O) groups is 1. The highest BCUT2D eigenvalue weighted by molar-refractivity contribution is 7.15. The second-order valence-corrected chi connectivity index (χ2v) is 6.81. The van der Waals surface area contributed by atoms with Crippen molar-refractivity contribution in [3.63, 3.8) is 0 Å². The number of benzene rings is 2. The molecular formula is C18H16N4O3S. The molecule has 0 aliphatic carbocycles. The monoisotopic (exact) mass is 368 g/mol. The fraction of sp³-hybridized carbons (Fsp3) is 0.167. The molecule has 8 heteroatoms. The first kappa shape index (κ1) is 17.7. The Morgan fingerprint density at radius 2 is 1.85 bits per heavy atom. The summed E-state index contributed by atoms with van der Waals surface area (Å²) in [7, 11) is 0. The lowest BCUT2D eigenvalue weighted by Gasteiger charge is -2.08. The minimum Gasteiger partial charge on any atom is -0.296 e. The summed E-state index contributed by atoms with van der Waals surface area (Å²) in [6, 6.07) is 15.9. The predicted molar refractivity (Wildman–Crippen MR) is 99.5 cm³/mol. The van der Waals surface area contributed by atoms with Gasteiger partial charge in [0.1, 0.15) is 10.6 Å². The molecule has 1 aromatic heterocycles. The van der Waals surface area contributed by atoms with Gasteiger partial charge in [0.25, 0.3) is 11.6 Å². The van der Waals surface area contributed by atoms with Crippen LogP contribution >= 0.6 is 11.3 Å². The van der Waals surface area contributed by atoms with Crippen LogP contribution in [0.1, 0.15) is 33.8 Å². The average molecular weight is 368 g/mol. The number of para-hydroxylation sites is 1. The first-order valence-corrected chi connectivity index (χ1v) is 8.78. The Labute approximate surface area is 153 Å². The number of amides is 1.